The summed E-state index contributed by atoms with van der Waals surface area (Å²) < 4.78 is 0. The lowest BCUT2D eigenvalue weighted by atomic mass is 9.91. The predicted molar refractivity (Wildman–Crippen MR) is 75.1 cm³/mol. The van der Waals surface area contributed by atoms with Crippen molar-refractivity contribution in [3.05, 3.63) is 33.9 Å². The van der Waals surface area contributed by atoms with Crippen LogP contribution in [0, 0.1) is 10.1 Å². The van der Waals surface area contributed by atoms with Crippen LogP contribution in [0.4, 0.5) is 5.69 Å². The maximum absolute atomic E-state index is 12.5. The zero-order valence-corrected chi connectivity index (χ0v) is 11.7. The number of carbonyl (C=O) groups excluding carboxylic acids is 1. The van der Waals surface area contributed by atoms with Crippen LogP contribution in [0.2, 0.25) is 0 Å². The van der Waals surface area contributed by atoms with Crippen molar-refractivity contribution in [3.63, 3.8) is 0 Å². The Kier molecular flexibility index (Phi) is 4.42. The van der Waals surface area contributed by atoms with E-state index in [4.69, 9.17) is 0 Å². The smallest absolute Gasteiger partial charge is 0.282 e. The number of nitro benzene ring substituents is 1. The predicted octanol–water partition coefficient (Wildman–Crippen LogP) is 1.68. The summed E-state index contributed by atoms with van der Waals surface area (Å²) in [4.78, 5) is 24.2. The zero-order chi connectivity index (χ0) is 15.6. The van der Waals surface area contributed by atoms with Crippen molar-refractivity contribution < 1.29 is 19.9 Å². The summed E-state index contributed by atoms with van der Waals surface area (Å²) in [6, 6.07) is 3.01. The number of phenols is 1. The van der Waals surface area contributed by atoms with Gasteiger partial charge in [0.05, 0.1) is 17.1 Å². The van der Waals surface area contributed by atoms with Crippen molar-refractivity contribution in [1.29, 1.82) is 0 Å². The molecule has 2 unspecified atom stereocenters. The van der Waals surface area contributed by atoms with Crippen LogP contribution in [0.1, 0.15) is 36.0 Å². The molecule has 0 spiro atoms. The molecule has 7 nitrogen and oxygen atoms in total. The highest BCUT2D eigenvalue weighted by atomic mass is 16.6. The van der Waals surface area contributed by atoms with Crippen LogP contribution in [0.15, 0.2) is 18.2 Å². The number of aliphatic hydroxyl groups is 1. The van der Waals surface area contributed by atoms with E-state index in [9.17, 15) is 25.1 Å². The molecule has 0 heterocycles. The molecule has 0 saturated heterocycles. The Morgan fingerprint density at radius 2 is 2.05 bits per heavy atom. The average Bonchev–Trinajstić information content (AvgIpc) is 2.45. The van der Waals surface area contributed by atoms with Crippen LogP contribution in [0.3, 0.4) is 0 Å². The van der Waals surface area contributed by atoms with Crippen molar-refractivity contribution in [1.82, 2.24) is 4.90 Å². The highest BCUT2D eigenvalue weighted by Gasteiger charge is 2.32. The van der Waals surface area contributed by atoms with Crippen LogP contribution < -0.4 is 0 Å². The number of carbonyl (C=O) groups is 1. The second-order valence-corrected chi connectivity index (χ2v) is 5.29. The number of benzene rings is 1. The fourth-order valence-electron chi connectivity index (χ4n) is 2.74. The molecule has 0 radical (unpaired) electrons. The van der Waals surface area contributed by atoms with Gasteiger partial charge in [0.15, 0.2) is 0 Å². The molecule has 1 amide bonds. The molecule has 1 saturated carbocycles. The number of likely N-dealkylation sites (N-methyl/N-ethyl adjacent to an activating group) is 1. The molecule has 1 aliphatic carbocycles. The Balaban J connectivity index is 2.30. The molecule has 21 heavy (non-hydrogen) atoms. The number of aliphatic hydroxyl groups excluding tert-OH is 1. The minimum atomic E-state index is -0.655. The summed E-state index contributed by atoms with van der Waals surface area (Å²) in [7, 11) is 1.52. The van der Waals surface area contributed by atoms with Crippen molar-refractivity contribution in [2.24, 2.45) is 0 Å². The fourth-order valence-corrected chi connectivity index (χ4v) is 2.74. The Bertz CT molecular complexity index is 560. The summed E-state index contributed by atoms with van der Waals surface area (Å²) >= 11 is 0. The minimum Gasteiger partial charge on any atom is -0.508 e. The average molecular weight is 294 g/mol. The standard InChI is InChI=1S/C14H18N2O5/c1-15(12-4-2-3-5-13(12)18)14(19)10-8-9(17)6-7-11(10)16(20)21/h6-8,12-13,17-18H,2-5H2,1H3. The zero-order valence-electron chi connectivity index (χ0n) is 11.7. The van der Waals surface area contributed by atoms with Crippen LogP contribution in [-0.2, 0) is 0 Å². The first-order valence-corrected chi connectivity index (χ1v) is 6.84. The lowest BCUT2D eigenvalue weighted by Crippen LogP contribution is -2.46. The van der Waals surface area contributed by atoms with Gasteiger partial charge in [0.1, 0.15) is 11.3 Å². The molecule has 2 N–H and O–H groups in total. The van der Waals surface area contributed by atoms with Crippen LogP contribution in [0.5, 0.6) is 5.75 Å². The second kappa shape index (κ2) is 6.09. The molecule has 1 aromatic rings. The van der Waals surface area contributed by atoms with E-state index in [2.05, 4.69) is 0 Å². The van der Waals surface area contributed by atoms with Gasteiger partial charge in [0.2, 0.25) is 0 Å². The topological polar surface area (TPSA) is 104 Å². The highest BCUT2D eigenvalue weighted by molar-refractivity contribution is 5.98. The second-order valence-electron chi connectivity index (χ2n) is 5.29. The Labute approximate surface area is 122 Å². The normalized spacial score (nSPS) is 21.8. The van der Waals surface area contributed by atoms with Gasteiger partial charge in [-0.2, -0.15) is 0 Å². The SMILES string of the molecule is CN(C(=O)c1cc(O)ccc1[N+](=O)[O-])C1CCCCC1O. The molecule has 0 aromatic heterocycles. The molecule has 0 bridgehead atoms. The van der Waals surface area contributed by atoms with Gasteiger partial charge in [-0.05, 0) is 25.0 Å². The molecular weight excluding hydrogens is 276 g/mol. The van der Waals surface area contributed by atoms with E-state index in [0.717, 1.165) is 25.0 Å². The molecule has 1 aromatic carbocycles. The molecule has 7 heteroatoms. The summed E-state index contributed by atoms with van der Waals surface area (Å²) in [6.45, 7) is 0. The molecule has 114 valence electrons. The van der Waals surface area contributed by atoms with E-state index in [1.807, 2.05) is 0 Å². The van der Waals surface area contributed by atoms with E-state index in [-0.39, 0.29) is 23.0 Å². The maximum atomic E-state index is 12.5. The van der Waals surface area contributed by atoms with Gasteiger partial charge < -0.3 is 15.1 Å². The van der Waals surface area contributed by atoms with Gasteiger partial charge in [0.25, 0.3) is 11.6 Å². The first kappa shape index (κ1) is 15.2. The van der Waals surface area contributed by atoms with E-state index < -0.39 is 16.9 Å². The third-order valence-electron chi connectivity index (χ3n) is 3.92. The van der Waals surface area contributed by atoms with Crippen molar-refractivity contribution in [3.8, 4) is 5.75 Å². The third kappa shape index (κ3) is 3.13. The molecule has 2 atom stereocenters. The third-order valence-corrected chi connectivity index (χ3v) is 3.92. The van der Waals surface area contributed by atoms with E-state index in [0.29, 0.717) is 12.8 Å². The van der Waals surface area contributed by atoms with Crippen LogP contribution >= 0.6 is 0 Å². The number of hydrogen-bond acceptors (Lipinski definition) is 5. The Hall–Kier alpha value is -2.15. The number of nitrogens with zero attached hydrogens (tertiary/aromatic N) is 2. The maximum Gasteiger partial charge on any atom is 0.282 e. The minimum absolute atomic E-state index is 0.166. The Morgan fingerprint density at radius 1 is 1.38 bits per heavy atom. The van der Waals surface area contributed by atoms with Gasteiger partial charge in [-0.15, -0.1) is 0 Å². The first-order chi connectivity index (χ1) is 9.91. The number of amides is 1. The molecule has 1 aliphatic rings. The molecular formula is C14H18N2O5. The summed E-state index contributed by atoms with van der Waals surface area (Å²) in [5.74, 6) is -0.773. The van der Waals surface area contributed by atoms with Crippen molar-refractivity contribution in [2.45, 2.75) is 37.8 Å². The number of aromatic hydroxyl groups is 1. The Morgan fingerprint density at radius 3 is 2.67 bits per heavy atom. The molecule has 1 fully saturated rings. The van der Waals surface area contributed by atoms with E-state index in [1.54, 1.807) is 0 Å². The summed E-state index contributed by atoms with van der Waals surface area (Å²) in [5, 5.41) is 30.5. The van der Waals surface area contributed by atoms with Crippen LogP contribution in [-0.4, -0.2) is 45.1 Å². The van der Waals surface area contributed by atoms with Crippen molar-refractivity contribution in [2.75, 3.05) is 7.05 Å². The largest absolute Gasteiger partial charge is 0.508 e. The quantitative estimate of drug-likeness (QED) is 0.652. The van der Waals surface area contributed by atoms with Crippen molar-refractivity contribution >= 4 is 11.6 Å². The van der Waals surface area contributed by atoms with Crippen LogP contribution in [0.25, 0.3) is 0 Å². The van der Waals surface area contributed by atoms with Gasteiger partial charge in [-0.1, -0.05) is 12.8 Å². The lowest BCUT2D eigenvalue weighted by Gasteiger charge is -2.35. The fraction of sp³-hybridized carbons (Fsp3) is 0.500. The first-order valence-electron chi connectivity index (χ1n) is 6.84. The highest BCUT2D eigenvalue weighted by Crippen LogP contribution is 2.28. The number of phenolic OH excluding ortho intramolecular Hbond substituents is 1. The van der Waals surface area contributed by atoms with Gasteiger partial charge in [0, 0.05) is 13.1 Å². The van der Waals surface area contributed by atoms with Gasteiger partial charge in [-0.25, -0.2) is 0 Å². The van der Waals surface area contributed by atoms with E-state index >= 15 is 0 Å². The lowest BCUT2D eigenvalue weighted by molar-refractivity contribution is -0.385. The summed E-state index contributed by atoms with van der Waals surface area (Å²) in [6.07, 6.45) is 2.47. The summed E-state index contributed by atoms with van der Waals surface area (Å²) in [5.41, 5.74) is -0.518. The molecule has 0 aliphatic heterocycles. The number of nitro groups is 1. The molecule has 2 rings (SSSR count). The van der Waals surface area contributed by atoms with E-state index in [1.165, 1.54) is 18.0 Å². The number of hydrogen-bond donors (Lipinski definition) is 2. The monoisotopic (exact) mass is 294 g/mol. The van der Waals surface area contributed by atoms with Gasteiger partial charge >= 0.3 is 0 Å². The number of rotatable bonds is 3. The van der Waals surface area contributed by atoms with Gasteiger partial charge in [-0.3, -0.25) is 14.9 Å².